The lowest BCUT2D eigenvalue weighted by Gasteiger charge is -1.99. The Morgan fingerprint density at radius 1 is 0.812 bits per heavy atom. The molecule has 0 aliphatic heterocycles. The van der Waals surface area contributed by atoms with Gasteiger partial charge in [-0.25, -0.2) is 19.2 Å². The van der Waals surface area contributed by atoms with Crippen LogP contribution in [-0.4, -0.2) is 24.0 Å². The van der Waals surface area contributed by atoms with Crippen LogP contribution in [0.2, 0.25) is 0 Å². The van der Waals surface area contributed by atoms with Crippen LogP contribution >= 0.6 is 0 Å². The number of hydrogen-bond donors (Lipinski definition) is 4. The van der Waals surface area contributed by atoms with Gasteiger partial charge in [0, 0.05) is 12.2 Å². The van der Waals surface area contributed by atoms with Crippen LogP contribution in [0.5, 0.6) is 0 Å². The van der Waals surface area contributed by atoms with E-state index in [0.29, 0.717) is 12.2 Å². The molecule has 0 fully saturated rings. The predicted molar refractivity (Wildman–Crippen MR) is 46.8 cm³/mol. The molecule has 0 aromatic rings. The van der Waals surface area contributed by atoms with Crippen LogP contribution in [0.3, 0.4) is 0 Å². The first-order valence-electron chi connectivity index (χ1n) is 3.62. The smallest absolute Gasteiger partial charge is 0.349 e. The lowest BCUT2D eigenvalue weighted by atomic mass is 10.5. The van der Waals surface area contributed by atoms with E-state index in [1.165, 1.54) is 11.0 Å². The number of nitrogens with one attached hydrogen (secondary N) is 2. The summed E-state index contributed by atoms with van der Waals surface area (Å²) in [6.45, 7) is 0. The second kappa shape index (κ2) is 6.64. The lowest BCUT2D eigenvalue weighted by molar-refractivity contribution is -0.145. The van der Waals surface area contributed by atoms with Crippen molar-refractivity contribution in [2.24, 2.45) is 11.5 Å². The zero-order valence-corrected chi connectivity index (χ0v) is 7.76. The van der Waals surface area contributed by atoms with Crippen LogP contribution in [0, 0.1) is 0 Å². The second-order valence-corrected chi connectivity index (χ2v) is 2.11. The van der Waals surface area contributed by atoms with Crippen molar-refractivity contribution in [3.8, 4) is 0 Å². The van der Waals surface area contributed by atoms with Crippen LogP contribution in [0.1, 0.15) is 0 Å². The quantitative estimate of drug-likeness (QED) is 0.311. The average Bonchev–Trinajstić information content (AvgIpc) is 2.20. The normalized spacial score (nSPS) is 9.25. The highest BCUT2D eigenvalue weighted by molar-refractivity contribution is 5.92. The fraction of sp³-hybridized carbons (Fsp3) is 0. The molecule has 0 aromatic heterocycles. The number of nitrogens with two attached hydrogens (primary N) is 2. The van der Waals surface area contributed by atoms with Crippen molar-refractivity contribution >= 4 is 24.0 Å². The predicted octanol–water partition coefficient (Wildman–Crippen LogP) is -2.20. The maximum absolute atomic E-state index is 10.7. The van der Waals surface area contributed by atoms with Crippen molar-refractivity contribution in [2.45, 2.75) is 0 Å². The van der Waals surface area contributed by atoms with E-state index in [9.17, 15) is 19.2 Å². The number of primary amides is 2. The Bertz CT molecular complexity index is 306. The number of carbonyl (C=O) groups excluding carboxylic acids is 4. The summed E-state index contributed by atoms with van der Waals surface area (Å²) in [7, 11) is 0. The average molecular weight is 232 g/mol. The van der Waals surface area contributed by atoms with Crippen LogP contribution in [0.4, 0.5) is 9.59 Å². The molecule has 0 aliphatic rings. The van der Waals surface area contributed by atoms with Crippen LogP contribution in [0.15, 0.2) is 12.2 Å². The Kier molecular flexibility index (Phi) is 5.49. The van der Waals surface area contributed by atoms with E-state index < -0.39 is 24.0 Å². The molecule has 4 amide bonds. The topological polar surface area (TPSA) is 163 Å². The van der Waals surface area contributed by atoms with E-state index in [4.69, 9.17) is 0 Å². The van der Waals surface area contributed by atoms with Gasteiger partial charge < -0.3 is 21.1 Å². The molecule has 0 radical (unpaired) electrons. The first-order valence-corrected chi connectivity index (χ1v) is 3.62. The first kappa shape index (κ1) is 13.2. The molecule has 10 nitrogen and oxygen atoms in total. The van der Waals surface area contributed by atoms with E-state index in [0.717, 1.165) is 0 Å². The van der Waals surface area contributed by atoms with E-state index in [2.05, 4.69) is 21.1 Å². The highest BCUT2D eigenvalue weighted by Gasteiger charge is 2.03. The monoisotopic (exact) mass is 232 g/mol. The number of hydroxylamine groups is 2. The molecule has 0 bridgehead atoms. The summed E-state index contributed by atoms with van der Waals surface area (Å²) in [5.41, 5.74) is 12.2. The van der Waals surface area contributed by atoms with Crippen molar-refractivity contribution < 1.29 is 28.9 Å². The van der Waals surface area contributed by atoms with E-state index in [1.807, 2.05) is 0 Å². The maximum atomic E-state index is 10.7. The highest BCUT2D eigenvalue weighted by atomic mass is 16.7. The largest absolute Gasteiger partial charge is 0.356 e. The highest BCUT2D eigenvalue weighted by Crippen LogP contribution is 1.81. The molecule has 0 aromatic carbocycles. The standard InChI is InChI=1S/C6H8N4O6/c7-5(13)9-15-3(11)1-2-4(12)16-10-6(8)14/h1-2H,(H3,7,9,13)(H3,8,10,14)/b2-1-. The molecule has 88 valence electrons. The fourth-order valence-corrected chi connectivity index (χ4v) is 0.405. The lowest BCUT2D eigenvalue weighted by Crippen LogP contribution is -2.32. The Morgan fingerprint density at radius 3 is 1.38 bits per heavy atom. The Labute approximate surface area is 88.4 Å². The van der Waals surface area contributed by atoms with Gasteiger partial charge in [0.2, 0.25) is 0 Å². The number of amides is 4. The van der Waals surface area contributed by atoms with Gasteiger partial charge in [-0.2, -0.15) is 11.0 Å². The molecule has 6 N–H and O–H groups in total. The van der Waals surface area contributed by atoms with Crippen molar-refractivity contribution in [1.82, 2.24) is 11.0 Å². The summed E-state index contributed by atoms with van der Waals surface area (Å²) in [5.74, 6) is -2.15. The number of hydrogen-bond acceptors (Lipinski definition) is 6. The summed E-state index contributed by atoms with van der Waals surface area (Å²) in [4.78, 5) is 49.6. The zero-order valence-electron chi connectivity index (χ0n) is 7.76. The minimum atomic E-state index is -1.08. The Balaban J connectivity index is 3.88. The van der Waals surface area contributed by atoms with Crippen molar-refractivity contribution in [3.05, 3.63) is 12.2 Å². The number of rotatable bonds is 2. The van der Waals surface area contributed by atoms with Gasteiger partial charge in [-0.05, 0) is 0 Å². The minimum absolute atomic E-state index is 0.626. The van der Waals surface area contributed by atoms with E-state index in [1.54, 1.807) is 0 Å². The number of carbonyl (C=O) groups is 4. The molecule has 10 heteroatoms. The SMILES string of the molecule is NC(=O)NOC(=O)/C=C\C(=O)ONC(N)=O. The molecule has 0 heterocycles. The van der Waals surface area contributed by atoms with Gasteiger partial charge in [-0.1, -0.05) is 0 Å². The molecule has 0 saturated carbocycles. The minimum Gasteiger partial charge on any atom is -0.349 e. The molecule has 16 heavy (non-hydrogen) atoms. The summed E-state index contributed by atoms with van der Waals surface area (Å²) < 4.78 is 0. The van der Waals surface area contributed by atoms with Gasteiger partial charge in [-0.3, -0.25) is 0 Å². The Morgan fingerprint density at radius 2 is 1.12 bits per heavy atom. The van der Waals surface area contributed by atoms with Gasteiger partial charge in [0.15, 0.2) is 0 Å². The molecule has 0 aliphatic carbocycles. The third-order valence-corrected chi connectivity index (χ3v) is 0.860. The van der Waals surface area contributed by atoms with Gasteiger partial charge in [-0.15, -0.1) is 0 Å². The summed E-state index contributed by atoms with van der Waals surface area (Å²) >= 11 is 0. The van der Waals surface area contributed by atoms with Gasteiger partial charge in [0.05, 0.1) is 0 Å². The summed E-state index contributed by atoms with van der Waals surface area (Å²) in [6, 6.07) is -2.17. The Hall–Kier alpha value is -2.78. The molecular weight excluding hydrogens is 224 g/mol. The summed E-state index contributed by atoms with van der Waals surface area (Å²) in [5, 5.41) is 0. The molecule has 0 rings (SSSR count). The molecule has 0 unspecified atom stereocenters. The van der Waals surface area contributed by atoms with Crippen LogP contribution < -0.4 is 22.4 Å². The first-order chi connectivity index (χ1) is 7.41. The van der Waals surface area contributed by atoms with Crippen molar-refractivity contribution in [2.75, 3.05) is 0 Å². The van der Waals surface area contributed by atoms with E-state index in [-0.39, 0.29) is 0 Å². The third kappa shape index (κ3) is 7.85. The van der Waals surface area contributed by atoms with Gasteiger partial charge in [0.1, 0.15) is 0 Å². The van der Waals surface area contributed by atoms with Crippen molar-refractivity contribution in [1.29, 1.82) is 0 Å². The third-order valence-electron chi connectivity index (χ3n) is 0.860. The van der Waals surface area contributed by atoms with Crippen molar-refractivity contribution in [3.63, 3.8) is 0 Å². The maximum Gasteiger partial charge on any atom is 0.356 e. The van der Waals surface area contributed by atoms with E-state index >= 15 is 0 Å². The number of urea groups is 2. The molecule has 0 saturated heterocycles. The molecule has 0 atom stereocenters. The summed E-state index contributed by atoms with van der Waals surface area (Å²) in [6.07, 6.45) is 1.25. The fourth-order valence-electron chi connectivity index (χ4n) is 0.405. The zero-order chi connectivity index (χ0) is 12.6. The van der Waals surface area contributed by atoms with Crippen LogP contribution in [-0.2, 0) is 19.3 Å². The second-order valence-electron chi connectivity index (χ2n) is 2.11. The molecular formula is C6H8N4O6. The van der Waals surface area contributed by atoms with Gasteiger partial charge in [0.25, 0.3) is 0 Å². The van der Waals surface area contributed by atoms with Crippen LogP contribution in [0.25, 0.3) is 0 Å². The van der Waals surface area contributed by atoms with Gasteiger partial charge >= 0.3 is 24.0 Å². The molecule has 0 spiro atoms.